The topological polar surface area (TPSA) is 101 Å². The van der Waals surface area contributed by atoms with Gasteiger partial charge in [0.25, 0.3) is 5.89 Å². The van der Waals surface area contributed by atoms with Crippen LogP contribution in [0.1, 0.15) is 79.4 Å². The minimum atomic E-state index is -0.0684. The van der Waals surface area contributed by atoms with E-state index in [1.807, 2.05) is 6.92 Å². The van der Waals surface area contributed by atoms with Crippen LogP contribution in [0.3, 0.4) is 0 Å². The molecule has 7 heterocycles. The largest absolute Gasteiger partial charge is 0.461 e. The monoisotopic (exact) mass is 635 g/mol. The van der Waals surface area contributed by atoms with Gasteiger partial charge in [-0.25, -0.2) is 0 Å². The molecule has 2 fully saturated rings. The molecule has 0 N–H and O–H groups in total. The Morgan fingerprint density at radius 2 is 1.94 bits per heavy atom. The maximum Gasteiger partial charge on any atom is 0.318 e. The van der Waals surface area contributed by atoms with Crippen molar-refractivity contribution in [3.63, 3.8) is 0 Å². The minimum Gasteiger partial charge on any atom is -0.461 e. The fraction of sp³-hybridized carbons (Fsp3) is 0.583. The molecule has 1 spiro atoms. The molecule has 2 saturated heterocycles. The van der Waals surface area contributed by atoms with E-state index in [4.69, 9.17) is 24.3 Å². The third-order valence-electron chi connectivity index (χ3n) is 11.7. The van der Waals surface area contributed by atoms with Crippen molar-refractivity contribution in [2.75, 3.05) is 38.2 Å². The van der Waals surface area contributed by atoms with E-state index in [-0.39, 0.29) is 11.1 Å². The molecule has 0 amide bonds. The summed E-state index contributed by atoms with van der Waals surface area (Å²) in [6, 6.07) is 11.7. The lowest BCUT2D eigenvalue weighted by molar-refractivity contribution is 0.0714. The molecule has 5 aliphatic rings. The zero-order chi connectivity index (χ0) is 31.8. The van der Waals surface area contributed by atoms with E-state index in [0.29, 0.717) is 36.8 Å². The second kappa shape index (κ2) is 11.1. The van der Waals surface area contributed by atoms with E-state index in [1.165, 1.54) is 55.5 Å². The normalized spacial score (nSPS) is 27.4. The smallest absolute Gasteiger partial charge is 0.318 e. The van der Waals surface area contributed by atoms with Crippen LogP contribution >= 0.6 is 0 Å². The third kappa shape index (κ3) is 4.87. The number of aromatic nitrogens is 6. The highest BCUT2D eigenvalue weighted by Crippen LogP contribution is 2.47. The van der Waals surface area contributed by atoms with Crippen molar-refractivity contribution < 1.29 is 9.26 Å². The van der Waals surface area contributed by atoms with E-state index >= 15 is 0 Å². The highest BCUT2D eigenvalue weighted by atomic mass is 16.5. The Hall–Kier alpha value is -3.83. The van der Waals surface area contributed by atoms with E-state index in [9.17, 15) is 0 Å². The Morgan fingerprint density at radius 1 is 1.02 bits per heavy atom. The predicted octanol–water partition coefficient (Wildman–Crippen LogP) is 4.91. The van der Waals surface area contributed by atoms with Crippen molar-refractivity contribution in [3.05, 3.63) is 64.2 Å². The first-order valence-electron chi connectivity index (χ1n) is 17.6. The zero-order valence-electron chi connectivity index (χ0n) is 27.9. The molecule has 1 aliphatic carbocycles. The van der Waals surface area contributed by atoms with Gasteiger partial charge < -0.3 is 14.2 Å². The van der Waals surface area contributed by atoms with E-state index in [2.05, 4.69) is 73.8 Å². The van der Waals surface area contributed by atoms with Gasteiger partial charge in [-0.3, -0.25) is 14.5 Å². The summed E-state index contributed by atoms with van der Waals surface area (Å²) >= 11 is 0. The molecular weight excluding hydrogens is 590 g/mol. The lowest BCUT2D eigenvalue weighted by Crippen LogP contribution is -2.51. The third-order valence-corrected chi connectivity index (χ3v) is 11.7. The van der Waals surface area contributed by atoms with Crippen molar-refractivity contribution in [3.8, 4) is 17.6 Å². The van der Waals surface area contributed by atoms with Crippen LogP contribution < -0.4 is 9.64 Å². The molecule has 9 rings (SSSR count). The number of aryl methyl sites for hydroxylation is 3. The molecule has 0 bridgehead atoms. The van der Waals surface area contributed by atoms with Crippen LogP contribution in [0.4, 0.5) is 5.82 Å². The molecule has 3 atom stereocenters. The molecule has 11 nitrogen and oxygen atoms in total. The lowest BCUT2D eigenvalue weighted by Gasteiger charge is -2.49. The summed E-state index contributed by atoms with van der Waals surface area (Å²) in [5, 5.41) is 8.83. The number of ether oxygens (including phenoxy) is 1. The van der Waals surface area contributed by atoms with Crippen LogP contribution in [0.2, 0.25) is 0 Å². The molecular formula is C36H45N9O2. The quantitative estimate of drug-likeness (QED) is 0.301. The van der Waals surface area contributed by atoms with Crippen LogP contribution in [-0.4, -0.2) is 78.5 Å². The Morgan fingerprint density at radius 3 is 2.83 bits per heavy atom. The molecule has 0 radical (unpaired) electrons. The first-order chi connectivity index (χ1) is 22.9. The van der Waals surface area contributed by atoms with Gasteiger partial charge in [-0.15, -0.1) is 0 Å². The number of anilines is 1. The van der Waals surface area contributed by atoms with Gasteiger partial charge in [-0.2, -0.15) is 20.1 Å². The minimum absolute atomic E-state index is 0.0684. The highest BCUT2D eigenvalue weighted by molar-refractivity contribution is 5.54. The average Bonchev–Trinajstić information content (AvgIpc) is 3.81. The van der Waals surface area contributed by atoms with Crippen LogP contribution in [0, 0.1) is 12.8 Å². The van der Waals surface area contributed by atoms with E-state index in [0.717, 1.165) is 68.2 Å². The van der Waals surface area contributed by atoms with Crippen molar-refractivity contribution in [1.29, 1.82) is 0 Å². The van der Waals surface area contributed by atoms with Gasteiger partial charge in [0.2, 0.25) is 0 Å². The number of hydrogen-bond acceptors (Lipinski definition) is 10. The predicted molar refractivity (Wildman–Crippen MR) is 177 cm³/mol. The average molecular weight is 636 g/mol. The number of benzene rings is 1. The van der Waals surface area contributed by atoms with Gasteiger partial charge in [0.1, 0.15) is 12.4 Å². The van der Waals surface area contributed by atoms with Gasteiger partial charge in [0.05, 0.1) is 29.0 Å². The summed E-state index contributed by atoms with van der Waals surface area (Å²) in [4.78, 5) is 22.6. The molecule has 4 aliphatic heterocycles. The van der Waals surface area contributed by atoms with Gasteiger partial charge in [-0.1, -0.05) is 36.3 Å². The molecule has 0 unspecified atom stereocenters. The fourth-order valence-corrected chi connectivity index (χ4v) is 9.58. The van der Waals surface area contributed by atoms with E-state index in [1.54, 1.807) is 0 Å². The first-order valence-corrected chi connectivity index (χ1v) is 17.6. The second-order valence-electron chi connectivity index (χ2n) is 14.9. The SMILES string of the molecule is Cc1noc(-c2cc3n(n2)CCCN(c2nc(OC[C@@]45CCCN4C[C@H](C)C5)nc4c2CN(C)[C@@]2(CCCc5ccccc52)C4)C3)n1. The van der Waals surface area contributed by atoms with E-state index < -0.39 is 0 Å². The molecule has 4 aromatic rings. The summed E-state index contributed by atoms with van der Waals surface area (Å²) in [6.07, 6.45) is 8.90. The van der Waals surface area contributed by atoms with Crippen molar-refractivity contribution >= 4 is 5.82 Å². The molecule has 3 aromatic heterocycles. The second-order valence-corrected chi connectivity index (χ2v) is 14.9. The number of fused-ring (bicyclic) bond motifs is 5. The standard InChI is InChI=1S/C36H45N9O2/c1-24-18-35(12-7-15-44(35)20-24)23-46-34-38-31-19-36(13-6-10-26-9-4-5-11-29(26)36)42(3)22-28(31)32(39-34)43-14-8-16-45-27(21-43)17-30(40-45)33-37-25(2)41-47-33/h4-5,9,11,17,24H,6-8,10,12-16,18-23H2,1-3H3/t24-,35+,36+/m1/s1. The Kier molecular flexibility index (Phi) is 6.94. The maximum absolute atomic E-state index is 6.73. The van der Waals surface area contributed by atoms with Gasteiger partial charge in [0, 0.05) is 38.2 Å². The maximum atomic E-state index is 6.73. The zero-order valence-corrected chi connectivity index (χ0v) is 27.9. The summed E-state index contributed by atoms with van der Waals surface area (Å²) < 4.78 is 14.3. The molecule has 1 aromatic carbocycles. The van der Waals surface area contributed by atoms with Gasteiger partial charge in [0.15, 0.2) is 11.5 Å². The Bertz CT molecular complexity index is 1820. The fourth-order valence-electron chi connectivity index (χ4n) is 9.58. The Balaban J connectivity index is 1.10. The number of hydrogen-bond donors (Lipinski definition) is 0. The number of rotatable bonds is 5. The lowest BCUT2D eigenvalue weighted by atomic mass is 9.71. The van der Waals surface area contributed by atoms with Crippen molar-refractivity contribution in [2.24, 2.45) is 5.92 Å². The molecule has 47 heavy (non-hydrogen) atoms. The summed E-state index contributed by atoms with van der Waals surface area (Å²) in [7, 11) is 2.30. The number of nitrogens with zero attached hydrogens (tertiary/aromatic N) is 9. The van der Waals surface area contributed by atoms with Crippen molar-refractivity contribution in [2.45, 2.75) is 95.9 Å². The van der Waals surface area contributed by atoms with Crippen LogP contribution in [0.25, 0.3) is 11.6 Å². The molecule has 11 heteroatoms. The van der Waals surface area contributed by atoms with Gasteiger partial charge >= 0.3 is 6.01 Å². The number of likely N-dealkylation sites (N-methyl/N-ethyl adjacent to an activating group) is 1. The van der Waals surface area contributed by atoms with Crippen molar-refractivity contribution in [1.82, 2.24) is 39.7 Å². The summed E-state index contributed by atoms with van der Waals surface area (Å²) in [5.41, 5.74) is 7.19. The van der Waals surface area contributed by atoms with Gasteiger partial charge in [-0.05, 0) is 88.6 Å². The molecule has 246 valence electrons. The summed E-state index contributed by atoms with van der Waals surface area (Å²) in [5.74, 6) is 2.77. The highest BCUT2D eigenvalue weighted by Gasteiger charge is 2.48. The van der Waals surface area contributed by atoms with Crippen LogP contribution in [0.15, 0.2) is 34.9 Å². The first kappa shape index (κ1) is 29.3. The summed E-state index contributed by atoms with van der Waals surface area (Å²) in [6.45, 7) is 10.4. The molecule has 0 saturated carbocycles. The van der Waals surface area contributed by atoms with Crippen LogP contribution in [0.5, 0.6) is 6.01 Å². The Labute approximate surface area is 276 Å². The van der Waals surface area contributed by atoms with Crippen LogP contribution in [-0.2, 0) is 38.0 Å².